The number of nitrogens with one attached hydrogen (secondary N) is 1. The van der Waals surface area contributed by atoms with Gasteiger partial charge in [0.25, 0.3) is 5.69 Å². The second-order valence-electron chi connectivity index (χ2n) is 5.30. The van der Waals surface area contributed by atoms with Gasteiger partial charge < -0.3 is 10.2 Å². The molecule has 0 aliphatic carbocycles. The van der Waals surface area contributed by atoms with Gasteiger partial charge in [-0.05, 0) is 38.1 Å². The van der Waals surface area contributed by atoms with Crippen molar-refractivity contribution in [3.05, 3.63) is 38.9 Å². The number of hydrogen-bond acceptors (Lipinski definition) is 4. The second kappa shape index (κ2) is 7.02. The highest BCUT2D eigenvalue weighted by Gasteiger charge is 2.18. The maximum Gasteiger partial charge on any atom is 0.288 e. The standard InChI is InChI=1S/C14H20ClN3O2/c1-17-7-3-2-4-12(17)10-16-9-11-5-6-13(15)14(8-11)18(19)20/h5-6,8,12,16H,2-4,7,9-10H2,1H3. The monoisotopic (exact) mass is 297 g/mol. The Bertz CT molecular complexity index is 481. The Morgan fingerprint density at radius 2 is 2.30 bits per heavy atom. The van der Waals surface area contributed by atoms with Gasteiger partial charge in [0, 0.05) is 25.2 Å². The first-order valence-electron chi connectivity index (χ1n) is 6.91. The largest absolute Gasteiger partial charge is 0.311 e. The van der Waals surface area contributed by atoms with Gasteiger partial charge in [-0.25, -0.2) is 0 Å². The fourth-order valence-electron chi connectivity index (χ4n) is 2.59. The lowest BCUT2D eigenvalue weighted by Crippen LogP contribution is -2.42. The van der Waals surface area contributed by atoms with E-state index >= 15 is 0 Å². The maximum absolute atomic E-state index is 10.8. The number of likely N-dealkylation sites (N-methyl/N-ethyl adjacent to an activating group) is 1. The molecular weight excluding hydrogens is 278 g/mol. The number of nitro groups is 1. The zero-order chi connectivity index (χ0) is 14.5. The molecule has 1 aromatic rings. The van der Waals surface area contributed by atoms with Crippen LogP contribution in [0.2, 0.25) is 5.02 Å². The second-order valence-corrected chi connectivity index (χ2v) is 5.71. The average molecular weight is 298 g/mol. The number of nitro benzene ring substituents is 1. The number of rotatable bonds is 5. The Balaban J connectivity index is 1.87. The van der Waals surface area contributed by atoms with E-state index in [1.54, 1.807) is 12.1 Å². The molecule has 0 aromatic heterocycles. The minimum absolute atomic E-state index is 0.0271. The molecule has 5 nitrogen and oxygen atoms in total. The van der Waals surface area contributed by atoms with Crippen LogP contribution < -0.4 is 5.32 Å². The Morgan fingerprint density at radius 1 is 1.50 bits per heavy atom. The van der Waals surface area contributed by atoms with Gasteiger partial charge in [-0.15, -0.1) is 0 Å². The highest BCUT2D eigenvalue weighted by molar-refractivity contribution is 6.32. The molecule has 110 valence electrons. The summed E-state index contributed by atoms with van der Waals surface area (Å²) in [6, 6.07) is 5.52. The van der Waals surface area contributed by atoms with Gasteiger partial charge >= 0.3 is 0 Å². The lowest BCUT2D eigenvalue weighted by molar-refractivity contribution is -0.384. The third-order valence-electron chi connectivity index (χ3n) is 3.84. The molecule has 1 aliphatic rings. The van der Waals surface area contributed by atoms with Crippen LogP contribution in [0.5, 0.6) is 0 Å². The minimum atomic E-state index is -0.444. The van der Waals surface area contributed by atoms with Gasteiger partial charge in [0.15, 0.2) is 0 Å². The van der Waals surface area contributed by atoms with E-state index in [4.69, 9.17) is 11.6 Å². The molecule has 1 aliphatic heterocycles. The summed E-state index contributed by atoms with van der Waals surface area (Å²) in [6.07, 6.45) is 3.77. The van der Waals surface area contributed by atoms with E-state index in [1.165, 1.54) is 19.3 Å². The van der Waals surface area contributed by atoms with E-state index in [1.807, 2.05) is 6.07 Å². The molecule has 0 saturated carbocycles. The van der Waals surface area contributed by atoms with Crippen LogP contribution in [0.25, 0.3) is 0 Å². The van der Waals surface area contributed by atoms with Crippen molar-refractivity contribution >= 4 is 17.3 Å². The molecule has 0 radical (unpaired) electrons. The molecule has 0 spiro atoms. The van der Waals surface area contributed by atoms with E-state index in [2.05, 4.69) is 17.3 Å². The summed E-state index contributed by atoms with van der Waals surface area (Å²) in [5.74, 6) is 0. The molecular formula is C14H20ClN3O2. The minimum Gasteiger partial charge on any atom is -0.311 e. The molecule has 1 aromatic carbocycles. The van der Waals surface area contributed by atoms with Crippen LogP contribution in [0, 0.1) is 10.1 Å². The number of halogens is 1. The number of piperidine rings is 1. The predicted molar refractivity (Wildman–Crippen MR) is 80.1 cm³/mol. The molecule has 1 N–H and O–H groups in total. The number of hydrogen-bond donors (Lipinski definition) is 1. The Hall–Kier alpha value is -1.17. The van der Waals surface area contributed by atoms with Crippen molar-refractivity contribution in [1.82, 2.24) is 10.2 Å². The van der Waals surface area contributed by atoms with Crippen molar-refractivity contribution in [2.75, 3.05) is 20.1 Å². The topological polar surface area (TPSA) is 58.4 Å². The molecule has 1 fully saturated rings. The van der Waals surface area contributed by atoms with Crippen LogP contribution in [-0.2, 0) is 6.54 Å². The highest BCUT2D eigenvalue weighted by Crippen LogP contribution is 2.25. The van der Waals surface area contributed by atoms with Crippen molar-refractivity contribution in [2.45, 2.75) is 31.8 Å². The van der Waals surface area contributed by atoms with Crippen molar-refractivity contribution in [1.29, 1.82) is 0 Å². The molecule has 2 rings (SSSR count). The van der Waals surface area contributed by atoms with E-state index in [0.717, 1.165) is 18.7 Å². The van der Waals surface area contributed by atoms with Crippen LogP contribution in [0.3, 0.4) is 0 Å². The van der Waals surface area contributed by atoms with Gasteiger partial charge in [0.2, 0.25) is 0 Å². The van der Waals surface area contributed by atoms with Crippen molar-refractivity contribution < 1.29 is 4.92 Å². The Morgan fingerprint density at radius 3 is 3.00 bits per heavy atom. The van der Waals surface area contributed by atoms with Gasteiger partial charge in [-0.1, -0.05) is 24.1 Å². The molecule has 1 unspecified atom stereocenters. The lowest BCUT2D eigenvalue weighted by Gasteiger charge is -2.32. The summed E-state index contributed by atoms with van der Waals surface area (Å²) in [5, 5.41) is 14.4. The molecule has 1 heterocycles. The normalized spacial score (nSPS) is 20.0. The van der Waals surface area contributed by atoms with Gasteiger partial charge in [-0.3, -0.25) is 10.1 Å². The van der Waals surface area contributed by atoms with E-state index < -0.39 is 4.92 Å². The Kier molecular flexibility index (Phi) is 5.34. The van der Waals surface area contributed by atoms with Gasteiger partial charge in [0.05, 0.1) is 4.92 Å². The third kappa shape index (κ3) is 3.91. The van der Waals surface area contributed by atoms with E-state index in [-0.39, 0.29) is 10.7 Å². The summed E-state index contributed by atoms with van der Waals surface area (Å²) < 4.78 is 0. The first kappa shape index (κ1) is 15.2. The van der Waals surface area contributed by atoms with Crippen molar-refractivity contribution in [3.8, 4) is 0 Å². The molecule has 1 saturated heterocycles. The summed E-state index contributed by atoms with van der Waals surface area (Å²) in [6.45, 7) is 2.69. The predicted octanol–water partition coefficient (Wildman–Crippen LogP) is 2.82. The van der Waals surface area contributed by atoms with Crippen LogP contribution in [0.4, 0.5) is 5.69 Å². The zero-order valence-corrected chi connectivity index (χ0v) is 12.4. The lowest BCUT2D eigenvalue weighted by atomic mass is 10.0. The molecule has 1 atom stereocenters. The Labute approximate surface area is 124 Å². The highest BCUT2D eigenvalue weighted by atomic mass is 35.5. The fraction of sp³-hybridized carbons (Fsp3) is 0.571. The molecule has 0 bridgehead atoms. The van der Waals surface area contributed by atoms with Gasteiger partial charge in [0.1, 0.15) is 5.02 Å². The van der Waals surface area contributed by atoms with Crippen molar-refractivity contribution in [3.63, 3.8) is 0 Å². The average Bonchev–Trinajstić information content (AvgIpc) is 2.42. The van der Waals surface area contributed by atoms with Crippen LogP contribution in [-0.4, -0.2) is 36.0 Å². The third-order valence-corrected chi connectivity index (χ3v) is 4.16. The first-order chi connectivity index (χ1) is 9.58. The van der Waals surface area contributed by atoms with E-state index in [9.17, 15) is 10.1 Å². The summed E-state index contributed by atoms with van der Waals surface area (Å²) >= 11 is 5.80. The van der Waals surface area contributed by atoms with E-state index in [0.29, 0.717) is 12.6 Å². The molecule has 0 amide bonds. The summed E-state index contributed by atoms with van der Waals surface area (Å²) in [4.78, 5) is 12.8. The zero-order valence-electron chi connectivity index (χ0n) is 11.6. The van der Waals surface area contributed by atoms with Crippen LogP contribution in [0.15, 0.2) is 18.2 Å². The number of benzene rings is 1. The van der Waals surface area contributed by atoms with Crippen LogP contribution >= 0.6 is 11.6 Å². The molecule has 6 heteroatoms. The smallest absolute Gasteiger partial charge is 0.288 e. The fourth-order valence-corrected chi connectivity index (χ4v) is 2.78. The number of likely N-dealkylation sites (tertiary alicyclic amines) is 1. The van der Waals surface area contributed by atoms with Gasteiger partial charge in [-0.2, -0.15) is 0 Å². The van der Waals surface area contributed by atoms with Crippen molar-refractivity contribution in [2.24, 2.45) is 0 Å². The SMILES string of the molecule is CN1CCCCC1CNCc1ccc(Cl)c([N+](=O)[O-])c1. The summed E-state index contributed by atoms with van der Waals surface area (Å²) in [5.41, 5.74) is 0.861. The van der Waals surface area contributed by atoms with Crippen LogP contribution in [0.1, 0.15) is 24.8 Å². The maximum atomic E-state index is 10.8. The molecule has 20 heavy (non-hydrogen) atoms. The quantitative estimate of drug-likeness (QED) is 0.671. The first-order valence-corrected chi connectivity index (χ1v) is 7.29. The number of nitrogens with zero attached hydrogens (tertiary/aromatic N) is 2. The summed E-state index contributed by atoms with van der Waals surface area (Å²) in [7, 11) is 2.15.